The van der Waals surface area contributed by atoms with Gasteiger partial charge in [-0.3, -0.25) is 4.79 Å². The number of hydrogen-bond donors (Lipinski definition) is 0. The summed E-state index contributed by atoms with van der Waals surface area (Å²) in [6.07, 6.45) is 4.77. The Bertz CT molecular complexity index is 1090. The van der Waals surface area contributed by atoms with Crippen molar-refractivity contribution in [3.8, 4) is 5.75 Å². The predicted octanol–water partition coefficient (Wildman–Crippen LogP) is 5.39. The van der Waals surface area contributed by atoms with Gasteiger partial charge in [0.25, 0.3) is 0 Å². The van der Waals surface area contributed by atoms with Gasteiger partial charge in [-0.1, -0.05) is 44.2 Å². The van der Waals surface area contributed by atoms with Gasteiger partial charge in [-0.15, -0.1) is 0 Å². The standard InChI is InChI=1S/C26H29NO3/c1-3-27(4-2)15-16-29-21-13-14-24-23(18-21)25(28)22-12-8-11-20(26(22)30-24)17-19-9-6-5-7-10-19/h5-7,9-10,13-14,17-18H,3-4,8,11-12,15-16H2,1-2H3/b20-17-. The fraction of sp³-hybridized carbons (Fsp3) is 0.346. The van der Waals surface area contributed by atoms with Crippen molar-refractivity contribution in [2.24, 2.45) is 0 Å². The molecule has 1 heterocycles. The number of hydrogen-bond acceptors (Lipinski definition) is 4. The van der Waals surface area contributed by atoms with Crippen LogP contribution in [0.2, 0.25) is 0 Å². The van der Waals surface area contributed by atoms with Crippen LogP contribution in [0.4, 0.5) is 0 Å². The molecular formula is C26H29NO3. The first-order valence-electron chi connectivity index (χ1n) is 10.9. The molecule has 4 rings (SSSR count). The van der Waals surface area contributed by atoms with Crippen molar-refractivity contribution in [1.29, 1.82) is 0 Å². The summed E-state index contributed by atoms with van der Waals surface area (Å²) >= 11 is 0. The zero-order valence-electron chi connectivity index (χ0n) is 17.8. The van der Waals surface area contributed by atoms with Crippen molar-refractivity contribution >= 4 is 22.6 Å². The molecule has 1 aliphatic carbocycles. The summed E-state index contributed by atoms with van der Waals surface area (Å²) in [5, 5.41) is 0.607. The van der Waals surface area contributed by atoms with Gasteiger partial charge in [0.15, 0.2) is 5.43 Å². The average molecular weight is 404 g/mol. The summed E-state index contributed by atoms with van der Waals surface area (Å²) in [5.74, 6) is 1.47. The Hall–Kier alpha value is -2.85. The molecule has 0 aliphatic heterocycles. The van der Waals surface area contributed by atoms with E-state index < -0.39 is 0 Å². The van der Waals surface area contributed by atoms with E-state index in [2.05, 4.69) is 37.0 Å². The Morgan fingerprint density at radius 2 is 1.87 bits per heavy atom. The highest BCUT2D eigenvalue weighted by atomic mass is 16.5. The molecule has 0 radical (unpaired) electrons. The molecule has 30 heavy (non-hydrogen) atoms. The Balaban J connectivity index is 1.64. The molecule has 0 bridgehead atoms. The van der Waals surface area contributed by atoms with E-state index in [4.69, 9.17) is 9.15 Å². The van der Waals surface area contributed by atoms with Gasteiger partial charge in [0.2, 0.25) is 0 Å². The first kappa shape index (κ1) is 20.4. The second-order valence-electron chi connectivity index (χ2n) is 7.71. The number of ether oxygens (including phenoxy) is 1. The minimum atomic E-state index is 0.0686. The van der Waals surface area contributed by atoms with Crippen LogP contribution in [0.1, 0.15) is 43.6 Å². The highest BCUT2D eigenvalue weighted by Crippen LogP contribution is 2.33. The average Bonchev–Trinajstić information content (AvgIpc) is 2.78. The normalized spacial score (nSPS) is 15.0. The van der Waals surface area contributed by atoms with Crippen LogP contribution < -0.4 is 10.2 Å². The van der Waals surface area contributed by atoms with Crippen molar-refractivity contribution in [3.05, 3.63) is 75.6 Å². The quantitative estimate of drug-likeness (QED) is 0.530. The molecule has 3 aromatic rings. The van der Waals surface area contributed by atoms with Crippen LogP contribution in [0.5, 0.6) is 5.75 Å². The first-order chi connectivity index (χ1) is 14.7. The largest absolute Gasteiger partial charge is 0.492 e. The molecule has 0 N–H and O–H groups in total. The van der Waals surface area contributed by atoms with Gasteiger partial charge in [0.1, 0.15) is 23.7 Å². The number of nitrogens with zero attached hydrogens (tertiary/aromatic N) is 1. The van der Waals surface area contributed by atoms with Crippen LogP contribution in [-0.4, -0.2) is 31.1 Å². The molecule has 0 unspecified atom stereocenters. The Labute approximate surface area is 177 Å². The molecule has 156 valence electrons. The van der Waals surface area contributed by atoms with Crippen LogP contribution >= 0.6 is 0 Å². The molecular weight excluding hydrogens is 374 g/mol. The maximum absolute atomic E-state index is 13.2. The molecule has 1 aliphatic rings. The number of rotatable bonds is 7. The van der Waals surface area contributed by atoms with E-state index in [9.17, 15) is 4.79 Å². The minimum Gasteiger partial charge on any atom is -0.492 e. The zero-order chi connectivity index (χ0) is 20.9. The molecule has 0 amide bonds. The van der Waals surface area contributed by atoms with E-state index in [0.717, 1.165) is 67.1 Å². The molecule has 0 saturated carbocycles. The maximum atomic E-state index is 13.2. The summed E-state index contributed by atoms with van der Waals surface area (Å²) in [6.45, 7) is 7.78. The van der Waals surface area contributed by atoms with Crippen molar-refractivity contribution in [3.63, 3.8) is 0 Å². The zero-order valence-corrected chi connectivity index (χ0v) is 17.8. The molecule has 0 fully saturated rings. The molecule has 0 atom stereocenters. The van der Waals surface area contributed by atoms with Gasteiger partial charge < -0.3 is 14.1 Å². The van der Waals surface area contributed by atoms with Crippen LogP contribution in [0.25, 0.3) is 22.6 Å². The Kier molecular flexibility index (Phi) is 6.34. The maximum Gasteiger partial charge on any atom is 0.196 e. The number of allylic oxidation sites excluding steroid dienone is 1. The highest BCUT2D eigenvalue weighted by molar-refractivity contribution is 5.86. The van der Waals surface area contributed by atoms with Gasteiger partial charge in [0, 0.05) is 12.1 Å². The Morgan fingerprint density at radius 3 is 2.63 bits per heavy atom. The van der Waals surface area contributed by atoms with Gasteiger partial charge >= 0.3 is 0 Å². The molecule has 0 saturated heterocycles. The lowest BCUT2D eigenvalue weighted by molar-refractivity contribution is 0.223. The lowest BCUT2D eigenvalue weighted by Crippen LogP contribution is -2.27. The lowest BCUT2D eigenvalue weighted by atomic mass is 9.90. The second-order valence-corrected chi connectivity index (χ2v) is 7.71. The summed E-state index contributed by atoms with van der Waals surface area (Å²) in [5.41, 5.74) is 3.70. The summed E-state index contributed by atoms with van der Waals surface area (Å²) in [6, 6.07) is 15.8. The Morgan fingerprint density at radius 1 is 1.07 bits per heavy atom. The van der Waals surface area contributed by atoms with E-state index in [-0.39, 0.29) is 5.43 Å². The van der Waals surface area contributed by atoms with Crippen LogP contribution in [0.3, 0.4) is 0 Å². The monoisotopic (exact) mass is 403 g/mol. The van der Waals surface area contributed by atoms with Gasteiger partial charge in [-0.05, 0) is 67.8 Å². The minimum absolute atomic E-state index is 0.0686. The lowest BCUT2D eigenvalue weighted by Gasteiger charge is -2.19. The summed E-state index contributed by atoms with van der Waals surface area (Å²) < 4.78 is 12.2. The van der Waals surface area contributed by atoms with Gasteiger partial charge in [-0.25, -0.2) is 0 Å². The third-order valence-corrected chi connectivity index (χ3v) is 5.83. The molecule has 4 nitrogen and oxygen atoms in total. The topological polar surface area (TPSA) is 42.7 Å². The first-order valence-corrected chi connectivity index (χ1v) is 10.9. The fourth-order valence-corrected chi connectivity index (χ4v) is 4.08. The third-order valence-electron chi connectivity index (χ3n) is 5.83. The summed E-state index contributed by atoms with van der Waals surface area (Å²) in [7, 11) is 0. The van der Waals surface area contributed by atoms with E-state index >= 15 is 0 Å². The second kappa shape index (κ2) is 9.31. The van der Waals surface area contributed by atoms with Gasteiger partial charge in [0.05, 0.1) is 5.39 Å². The number of fused-ring (bicyclic) bond motifs is 2. The highest BCUT2D eigenvalue weighted by Gasteiger charge is 2.22. The van der Waals surface area contributed by atoms with Crippen LogP contribution in [0.15, 0.2) is 57.7 Å². The molecule has 1 aromatic heterocycles. The van der Waals surface area contributed by atoms with E-state index in [0.29, 0.717) is 17.6 Å². The smallest absolute Gasteiger partial charge is 0.196 e. The van der Waals surface area contributed by atoms with Crippen molar-refractivity contribution < 1.29 is 9.15 Å². The van der Waals surface area contributed by atoms with Crippen molar-refractivity contribution in [2.45, 2.75) is 33.1 Å². The van der Waals surface area contributed by atoms with E-state index in [1.165, 1.54) is 0 Å². The number of benzene rings is 2. The van der Waals surface area contributed by atoms with Crippen LogP contribution in [0, 0.1) is 0 Å². The van der Waals surface area contributed by atoms with Gasteiger partial charge in [-0.2, -0.15) is 0 Å². The predicted molar refractivity (Wildman–Crippen MR) is 123 cm³/mol. The molecule has 2 aromatic carbocycles. The fourth-order valence-electron chi connectivity index (χ4n) is 4.08. The summed E-state index contributed by atoms with van der Waals surface area (Å²) in [4.78, 5) is 15.6. The van der Waals surface area contributed by atoms with Crippen molar-refractivity contribution in [1.82, 2.24) is 4.90 Å². The number of likely N-dealkylation sites (N-methyl/N-ethyl adjacent to an activating group) is 1. The molecule has 4 heteroatoms. The van der Waals surface area contributed by atoms with Crippen LogP contribution in [-0.2, 0) is 6.42 Å². The van der Waals surface area contributed by atoms with E-state index in [1.54, 1.807) is 0 Å². The van der Waals surface area contributed by atoms with E-state index in [1.807, 2.05) is 36.4 Å². The third kappa shape index (κ3) is 4.34. The van der Waals surface area contributed by atoms with Crippen molar-refractivity contribution in [2.75, 3.05) is 26.2 Å². The SMILES string of the molecule is CCN(CC)CCOc1ccc2oc3c(c(=O)c2c1)CCC/C3=C/c1ccccc1. The molecule has 0 spiro atoms.